The number of halogens is 1. The summed E-state index contributed by atoms with van der Waals surface area (Å²) in [6.45, 7) is 5.29. The Morgan fingerprint density at radius 2 is 1.78 bits per heavy atom. The topological polar surface area (TPSA) is 94.4 Å². The van der Waals surface area contributed by atoms with E-state index in [1.165, 1.54) is 6.20 Å². The summed E-state index contributed by atoms with van der Waals surface area (Å²) in [5, 5.41) is 3.62. The smallest absolute Gasteiger partial charge is 0.269 e. The summed E-state index contributed by atoms with van der Waals surface area (Å²) >= 11 is 3.43. The molecule has 0 saturated carbocycles. The Hall–Kier alpha value is -2.56. The molecule has 0 amide bonds. The van der Waals surface area contributed by atoms with Crippen LogP contribution in [0.3, 0.4) is 0 Å². The molecule has 32 heavy (non-hydrogen) atoms. The number of pyridine rings is 2. The Bertz CT molecular complexity index is 1160. The van der Waals surface area contributed by atoms with E-state index in [0.29, 0.717) is 38.0 Å². The fraction of sp³-hybridized carbons (Fsp3) is 0.455. The lowest BCUT2D eigenvalue weighted by molar-refractivity contribution is 0.170. The lowest BCUT2D eigenvalue weighted by Crippen LogP contribution is -2.43. The molecule has 5 heterocycles. The van der Waals surface area contributed by atoms with Crippen molar-refractivity contribution in [2.24, 2.45) is 0 Å². The zero-order valence-electron chi connectivity index (χ0n) is 17.7. The number of hydrogen-bond donors (Lipinski definition) is 1. The highest BCUT2D eigenvalue weighted by atomic mass is 79.9. The summed E-state index contributed by atoms with van der Waals surface area (Å²) in [4.78, 5) is 27.7. The number of rotatable bonds is 6. The van der Waals surface area contributed by atoms with Gasteiger partial charge in [0.1, 0.15) is 13.2 Å². The van der Waals surface area contributed by atoms with Crippen LogP contribution >= 0.6 is 15.9 Å². The van der Waals surface area contributed by atoms with Crippen molar-refractivity contribution >= 4 is 27.1 Å². The molecule has 9 nitrogen and oxygen atoms in total. The van der Waals surface area contributed by atoms with Crippen LogP contribution in [0, 0.1) is 0 Å². The lowest BCUT2D eigenvalue weighted by Gasteiger charge is -2.32. The predicted octanol–water partition coefficient (Wildman–Crippen LogP) is 1.97. The zero-order valence-corrected chi connectivity index (χ0v) is 19.3. The van der Waals surface area contributed by atoms with Crippen molar-refractivity contribution in [3.05, 3.63) is 51.2 Å². The summed E-state index contributed by atoms with van der Waals surface area (Å²) < 4.78 is 13.8. The van der Waals surface area contributed by atoms with Crippen molar-refractivity contribution in [1.82, 2.24) is 29.7 Å². The van der Waals surface area contributed by atoms with Gasteiger partial charge in [0.15, 0.2) is 17.1 Å². The molecule has 1 saturated heterocycles. The van der Waals surface area contributed by atoms with Crippen molar-refractivity contribution < 1.29 is 9.47 Å². The SMILES string of the molecule is O=c1cnc2ncc(Br)cc2n1CCN1CCC(NCc2cc3c(cn2)OCCO3)CC1. The molecule has 3 aromatic rings. The molecule has 0 spiro atoms. The van der Waals surface area contributed by atoms with E-state index < -0.39 is 0 Å². The van der Waals surface area contributed by atoms with Gasteiger partial charge < -0.3 is 24.3 Å². The van der Waals surface area contributed by atoms with Crippen molar-refractivity contribution in [2.75, 3.05) is 32.8 Å². The van der Waals surface area contributed by atoms with Gasteiger partial charge in [-0.2, -0.15) is 0 Å². The van der Waals surface area contributed by atoms with Crippen molar-refractivity contribution in [3.63, 3.8) is 0 Å². The fourth-order valence-electron chi connectivity index (χ4n) is 4.19. The monoisotopic (exact) mass is 500 g/mol. The maximum absolute atomic E-state index is 12.4. The highest BCUT2D eigenvalue weighted by Crippen LogP contribution is 2.29. The number of nitrogens with zero attached hydrogens (tertiary/aromatic N) is 5. The first-order chi connectivity index (χ1) is 15.7. The molecule has 1 N–H and O–H groups in total. The molecule has 0 aliphatic carbocycles. The summed E-state index contributed by atoms with van der Waals surface area (Å²) in [5.74, 6) is 1.50. The Morgan fingerprint density at radius 3 is 2.62 bits per heavy atom. The Balaban J connectivity index is 1.13. The minimum atomic E-state index is -0.0964. The highest BCUT2D eigenvalue weighted by molar-refractivity contribution is 9.10. The van der Waals surface area contributed by atoms with E-state index in [2.05, 4.69) is 41.1 Å². The molecule has 168 valence electrons. The first-order valence-corrected chi connectivity index (χ1v) is 11.7. The lowest BCUT2D eigenvalue weighted by atomic mass is 10.0. The zero-order chi connectivity index (χ0) is 21.9. The van der Waals surface area contributed by atoms with Gasteiger partial charge in [0, 0.05) is 42.4 Å². The Kier molecular flexibility index (Phi) is 6.33. The summed E-state index contributed by atoms with van der Waals surface area (Å²) in [5.41, 5.74) is 2.21. The average molecular weight is 501 g/mol. The minimum absolute atomic E-state index is 0.0964. The third-order valence-electron chi connectivity index (χ3n) is 5.95. The Labute approximate surface area is 193 Å². The minimum Gasteiger partial charge on any atom is -0.486 e. The van der Waals surface area contributed by atoms with Crippen molar-refractivity contribution in [3.8, 4) is 11.5 Å². The largest absolute Gasteiger partial charge is 0.486 e. The van der Waals surface area contributed by atoms with E-state index in [9.17, 15) is 4.79 Å². The first kappa shape index (κ1) is 21.3. The maximum atomic E-state index is 12.4. The van der Waals surface area contributed by atoms with Crippen LogP contribution < -0.4 is 20.3 Å². The molecule has 0 radical (unpaired) electrons. The number of likely N-dealkylation sites (tertiary alicyclic amines) is 1. The molecule has 0 unspecified atom stereocenters. The third kappa shape index (κ3) is 4.77. The second kappa shape index (κ2) is 9.51. The van der Waals surface area contributed by atoms with Gasteiger partial charge in [0.25, 0.3) is 5.56 Å². The third-order valence-corrected chi connectivity index (χ3v) is 6.39. The molecule has 0 bridgehead atoms. The number of nitrogens with one attached hydrogen (secondary N) is 1. The summed E-state index contributed by atoms with van der Waals surface area (Å²) in [7, 11) is 0. The molecule has 3 aromatic heterocycles. The van der Waals surface area contributed by atoms with E-state index in [-0.39, 0.29) is 5.56 Å². The van der Waals surface area contributed by atoms with Gasteiger partial charge in [-0.1, -0.05) is 0 Å². The van der Waals surface area contributed by atoms with Gasteiger partial charge in [0.05, 0.1) is 23.6 Å². The average Bonchev–Trinajstić information content (AvgIpc) is 2.82. The van der Waals surface area contributed by atoms with Crippen LogP contribution in [0.5, 0.6) is 11.5 Å². The number of aromatic nitrogens is 4. The van der Waals surface area contributed by atoms with Crippen LogP contribution in [0.15, 0.2) is 40.0 Å². The van der Waals surface area contributed by atoms with E-state index >= 15 is 0 Å². The van der Waals surface area contributed by atoms with E-state index in [0.717, 1.165) is 59.7 Å². The molecule has 5 rings (SSSR count). The van der Waals surface area contributed by atoms with Crippen LogP contribution in [-0.4, -0.2) is 63.3 Å². The number of ether oxygens (including phenoxy) is 2. The van der Waals surface area contributed by atoms with Crippen molar-refractivity contribution in [1.29, 1.82) is 0 Å². The number of piperidine rings is 1. The van der Waals surface area contributed by atoms with Crippen LogP contribution in [0.1, 0.15) is 18.5 Å². The van der Waals surface area contributed by atoms with Gasteiger partial charge in [-0.15, -0.1) is 0 Å². The summed E-state index contributed by atoms with van der Waals surface area (Å²) in [6, 6.07) is 4.31. The molecule has 0 aromatic carbocycles. The highest BCUT2D eigenvalue weighted by Gasteiger charge is 2.20. The molecular formula is C22H25BrN6O3. The predicted molar refractivity (Wildman–Crippen MR) is 123 cm³/mol. The van der Waals surface area contributed by atoms with Crippen LogP contribution in [0.25, 0.3) is 11.2 Å². The van der Waals surface area contributed by atoms with E-state index in [1.54, 1.807) is 17.0 Å². The Morgan fingerprint density at radius 1 is 1.00 bits per heavy atom. The van der Waals surface area contributed by atoms with E-state index in [4.69, 9.17) is 9.47 Å². The maximum Gasteiger partial charge on any atom is 0.269 e. The van der Waals surface area contributed by atoms with Crippen LogP contribution in [-0.2, 0) is 13.1 Å². The van der Waals surface area contributed by atoms with Gasteiger partial charge in [-0.25, -0.2) is 9.97 Å². The first-order valence-electron chi connectivity index (χ1n) is 10.9. The molecule has 2 aliphatic rings. The quantitative estimate of drug-likeness (QED) is 0.548. The molecule has 1 fully saturated rings. The fourth-order valence-corrected chi connectivity index (χ4v) is 4.51. The van der Waals surface area contributed by atoms with Crippen LogP contribution in [0.2, 0.25) is 0 Å². The van der Waals surface area contributed by atoms with Gasteiger partial charge in [-0.05, 0) is 47.9 Å². The molecule has 2 aliphatic heterocycles. The van der Waals surface area contributed by atoms with Gasteiger partial charge in [-0.3, -0.25) is 9.78 Å². The number of hydrogen-bond acceptors (Lipinski definition) is 8. The van der Waals surface area contributed by atoms with Crippen LogP contribution in [0.4, 0.5) is 0 Å². The van der Waals surface area contributed by atoms with Gasteiger partial charge in [0.2, 0.25) is 0 Å². The standard InChI is InChI=1S/C22H25BrN6O3/c23-15-9-18-22(26-11-15)27-14-21(30)29(18)6-5-28-3-1-16(2-4-28)24-12-17-10-19-20(13-25-17)32-8-7-31-19/h9-11,13-14,16,24H,1-8,12H2. The van der Waals surface area contributed by atoms with Gasteiger partial charge >= 0.3 is 0 Å². The van der Waals surface area contributed by atoms with Crippen molar-refractivity contribution in [2.45, 2.75) is 32.0 Å². The second-order valence-corrected chi connectivity index (χ2v) is 8.98. The molecular weight excluding hydrogens is 476 g/mol. The van der Waals surface area contributed by atoms with E-state index in [1.807, 2.05) is 12.1 Å². The molecule has 0 atom stereocenters. The normalized spacial score (nSPS) is 17.0. The summed E-state index contributed by atoms with van der Waals surface area (Å²) in [6.07, 6.45) is 6.91. The second-order valence-electron chi connectivity index (χ2n) is 8.06. The number of fused-ring (bicyclic) bond motifs is 2. The molecule has 10 heteroatoms.